The Morgan fingerprint density at radius 1 is 0.302 bits per heavy atom. The van der Waals surface area contributed by atoms with Crippen LogP contribution < -0.4 is 0 Å². The minimum atomic E-state index is 0.584. The number of furan rings is 1. The van der Waals surface area contributed by atoms with Gasteiger partial charge in [0.25, 0.3) is 0 Å². The lowest BCUT2D eigenvalue weighted by atomic mass is 9.92. The van der Waals surface area contributed by atoms with Crippen molar-refractivity contribution in [1.29, 1.82) is 0 Å². The first-order valence-electron chi connectivity index (χ1n) is 17.9. The molecule has 11 aromatic rings. The molecule has 0 unspecified atom stereocenters. The number of nitrogens with zero attached hydrogens (tertiary/aromatic N) is 3. The van der Waals surface area contributed by atoms with Crippen LogP contribution in [0.15, 0.2) is 180 Å². The summed E-state index contributed by atoms with van der Waals surface area (Å²) in [7, 11) is 0. The molecule has 2 aromatic heterocycles. The van der Waals surface area contributed by atoms with Crippen LogP contribution in [-0.4, -0.2) is 15.0 Å². The second-order valence-electron chi connectivity index (χ2n) is 13.6. The highest BCUT2D eigenvalue weighted by molar-refractivity contribution is 6.24. The van der Waals surface area contributed by atoms with E-state index in [1.165, 1.54) is 32.3 Å². The number of hydrogen-bond acceptors (Lipinski definition) is 4. The SMILES string of the molecule is c1ccc(-c2nc(-c3ccc4c(ccc5ccccc54)c3)nc(-c3cc(-c4cccc5ccccc45)c4c(c3)oc3ccc5ccccc5c34)n2)cc1. The Morgan fingerprint density at radius 2 is 0.887 bits per heavy atom. The van der Waals surface area contributed by atoms with E-state index in [-0.39, 0.29) is 0 Å². The van der Waals surface area contributed by atoms with Gasteiger partial charge in [-0.15, -0.1) is 0 Å². The average Bonchev–Trinajstić information content (AvgIpc) is 3.62. The van der Waals surface area contributed by atoms with Gasteiger partial charge in [-0.2, -0.15) is 0 Å². The molecule has 11 rings (SSSR count). The third-order valence-corrected chi connectivity index (χ3v) is 10.5. The predicted octanol–water partition coefficient (Wildman–Crippen LogP) is 13.1. The monoisotopic (exact) mass is 675 g/mol. The Kier molecular flexibility index (Phi) is 6.52. The molecule has 0 aliphatic heterocycles. The van der Waals surface area contributed by atoms with Crippen molar-refractivity contribution >= 4 is 65.0 Å². The van der Waals surface area contributed by atoms with Gasteiger partial charge in [-0.25, -0.2) is 15.0 Å². The van der Waals surface area contributed by atoms with Crippen molar-refractivity contribution in [3.05, 3.63) is 176 Å². The summed E-state index contributed by atoms with van der Waals surface area (Å²) in [4.78, 5) is 15.4. The highest BCUT2D eigenvalue weighted by atomic mass is 16.3. The topological polar surface area (TPSA) is 51.8 Å². The molecule has 9 aromatic carbocycles. The Bertz CT molecular complexity index is 3230. The number of rotatable bonds is 4. The molecule has 2 heterocycles. The van der Waals surface area contributed by atoms with Gasteiger partial charge < -0.3 is 4.42 Å². The van der Waals surface area contributed by atoms with E-state index in [1.807, 2.05) is 30.3 Å². The number of aromatic nitrogens is 3. The van der Waals surface area contributed by atoms with Crippen LogP contribution in [0.3, 0.4) is 0 Å². The minimum absolute atomic E-state index is 0.584. The zero-order valence-corrected chi connectivity index (χ0v) is 28.5. The molecular formula is C49H29N3O. The Labute approximate surface area is 304 Å². The summed E-state index contributed by atoms with van der Waals surface area (Å²) in [5.41, 5.74) is 6.56. The molecule has 0 aliphatic carbocycles. The van der Waals surface area contributed by atoms with Crippen LogP contribution >= 0.6 is 0 Å². The van der Waals surface area contributed by atoms with Crippen LogP contribution in [-0.2, 0) is 0 Å². The molecule has 0 saturated heterocycles. The van der Waals surface area contributed by atoms with Gasteiger partial charge in [0, 0.05) is 27.5 Å². The third kappa shape index (κ3) is 4.80. The van der Waals surface area contributed by atoms with Crippen LogP contribution in [0.4, 0.5) is 0 Å². The van der Waals surface area contributed by atoms with Gasteiger partial charge in [0.15, 0.2) is 17.5 Å². The molecule has 0 saturated carbocycles. The molecule has 0 atom stereocenters. The first-order valence-corrected chi connectivity index (χ1v) is 17.9. The summed E-state index contributed by atoms with van der Waals surface area (Å²) in [6, 6.07) is 61.6. The van der Waals surface area contributed by atoms with Crippen LogP contribution in [0, 0.1) is 0 Å². The van der Waals surface area contributed by atoms with Crippen molar-refractivity contribution in [2.24, 2.45) is 0 Å². The number of hydrogen-bond donors (Lipinski definition) is 0. The summed E-state index contributed by atoms with van der Waals surface area (Å²) in [5, 5.41) is 11.7. The van der Waals surface area contributed by atoms with Gasteiger partial charge in [-0.3, -0.25) is 0 Å². The first kappa shape index (κ1) is 29.5. The van der Waals surface area contributed by atoms with Crippen LogP contribution in [0.25, 0.3) is 110 Å². The maximum absolute atomic E-state index is 6.74. The summed E-state index contributed by atoms with van der Waals surface area (Å²) in [5.74, 6) is 1.82. The van der Waals surface area contributed by atoms with Gasteiger partial charge >= 0.3 is 0 Å². The van der Waals surface area contributed by atoms with E-state index in [0.29, 0.717) is 17.5 Å². The van der Waals surface area contributed by atoms with Gasteiger partial charge in [0.1, 0.15) is 11.2 Å². The van der Waals surface area contributed by atoms with E-state index in [1.54, 1.807) is 0 Å². The number of fused-ring (bicyclic) bond motifs is 9. The maximum Gasteiger partial charge on any atom is 0.164 e. The Morgan fingerprint density at radius 3 is 1.70 bits per heavy atom. The first-order chi connectivity index (χ1) is 26.2. The molecule has 0 bridgehead atoms. The van der Waals surface area contributed by atoms with Gasteiger partial charge in [-0.05, 0) is 78.5 Å². The molecule has 4 heteroatoms. The van der Waals surface area contributed by atoms with Crippen molar-refractivity contribution in [2.45, 2.75) is 0 Å². The molecule has 0 N–H and O–H groups in total. The molecule has 0 aliphatic rings. The highest BCUT2D eigenvalue weighted by Crippen LogP contribution is 2.44. The molecule has 0 fully saturated rings. The molecule has 4 nitrogen and oxygen atoms in total. The third-order valence-electron chi connectivity index (χ3n) is 10.5. The molecule has 53 heavy (non-hydrogen) atoms. The molecule has 0 radical (unpaired) electrons. The summed E-state index contributed by atoms with van der Waals surface area (Å²) < 4.78 is 6.74. The van der Waals surface area contributed by atoms with Crippen molar-refractivity contribution < 1.29 is 4.42 Å². The van der Waals surface area contributed by atoms with E-state index in [9.17, 15) is 0 Å². The van der Waals surface area contributed by atoms with Crippen molar-refractivity contribution in [3.63, 3.8) is 0 Å². The van der Waals surface area contributed by atoms with E-state index in [0.717, 1.165) is 60.5 Å². The molecule has 0 amide bonds. The maximum atomic E-state index is 6.74. The minimum Gasteiger partial charge on any atom is -0.456 e. The second-order valence-corrected chi connectivity index (χ2v) is 13.6. The smallest absolute Gasteiger partial charge is 0.164 e. The second kappa shape index (κ2) is 11.7. The zero-order valence-electron chi connectivity index (χ0n) is 28.5. The van der Waals surface area contributed by atoms with Crippen LogP contribution in [0.5, 0.6) is 0 Å². The molecular weight excluding hydrogens is 647 g/mol. The Hall–Kier alpha value is -7.17. The highest BCUT2D eigenvalue weighted by Gasteiger charge is 2.21. The molecule has 0 spiro atoms. The fraction of sp³-hybridized carbons (Fsp3) is 0. The van der Waals surface area contributed by atoms with Crippen molar-refractivity contribution in [3.8, 4) is 45.3 Å². The normalized spacial score (nSPS) is 11.8. The fourth-order valence-electron chi connectivity index (χ4n) is 7.97. The predicted molar refractivity (Wildman–Crippen MR) is 219 cm³/mol. The lowest BCUT2D eigenvalue weighted by molar-refractivity contribution is 0.669. The van der Waals surface area contributed by atoms with Gasteiger partial charge in [0.2, 0.25) is 0 Å². The average molecular weight is 676 g/mol. The van der Waals surface area contributed by atoms with Gasteiger partial charge in [-0.1, -0.05) is 152 Å². The van der Waals surface area contributed by atoms with E-state index in [2.05, 4.69) is 146 Å². The quantitative estimate of drug-likeness (QED) is 0.174. The lowest BCUT2D eigenvalue weighted by Gasteiger charge is -2.13. The van der Waals surface area contributed by atoms with Crippen molar-refractivity contribution in [2.75, 3.05) is 0 Å². The summed E-state index contributed by atoms with van der Waals surface area (Å²) in [6.45, 7) is 0. The largest absolute Gasteiger partial charge is 0.456 e. The summed E-state index contributed by atoms with van der Waals surface area (Å²) in [6.07, 6.45) is 0. The van der Waals surface area contributed by atoms with E-state index >= 15 is 0 Å². The molecule has 246 valence electrons. The van der Waals surface area contributed by atoms with E-state index < -0.39 is 0 Å². The standard InChI is InChI=1S/C49H29N3O/c1-2-14-33(15-3-1)47-50-48(35-23-25-39-34(27-35)22-21-31-12-5-7-17-37(31)39)52-49(51-47)36-28-42(41-20-10-16-30-11-4-8-18-38(30)41)46-44(29-36)53-43-26-24-32-13-6-9-19-40(32)45(43)46/h1-29H. The number of benzene rings is 9. The lowest BCUT2D eigenvalue weighted by Crippen LogP contribution is -2.00. The summed E-state index contributed by atoms with van der Waals surface area (Å²) >= 11 is 0. The fourth-order valence-corrected chi connectivity index (χ4v) is 7.97. The zero-order chi connectivity index (χ0) is 34.9. The van der Waals surface area contributed by atoms with Crippen LogP contribution in [0.1, 0.15) is 0 Å². The van der Waals surface area contributed by atoms with Gasteiger partial charge in [0.05, 0.1) is 0 Å². The van der Waals surface area contributed by atoms with Crippen LogP contribution in [0.2, 0.25) is 0 Å². The Balaban J connectivity index is 1.19. The van der Waals surface area contributed by atoms with E-state index in [4.69, 9.17) is 19.4 Å². The van der Waals surface area contributed by atoms with Crippen molar-refractivity contribution in [1.82, 2.24) is 15.0 Å².